The van der Waals surface area contributed by atoms with Gasteiger partial charge in [0.15, 0.2) is 0 Å². The van der Waals surface area contributed by atoms with E-state index >= 15 is 0 Å². The zero-order chi connectivity index (χ0) is 13.0. The van der Waals surface area contributed by atoms with Crippen molar-refractivity contribution in [2.45, 2.75) is 6.42 Å². The molecule has 0 atom stereocenters. The van der Waals surface area contributed by atoms with Crippen molar-refractivity contribution in [2.75, 3.05) is 27.8 Å². The van der Waals surface area contributed by atoms with Gasteiger partial charge in [-0.05, 0) is 19.2 Å². The van der Waals surface area contributed by atoms with E-state index in [9.17, 15) is 0 Å². The summed E-state index contributed by atoms with van der Waals surface area (Å²) in [6.07, 6.45) is 0.904. The molecule has 1 heterocycles. The Morgan fingerprint density at radius 2 is 2.00 bits per heavy atom. The lowest BCUT2D eigenvalue weighted by atomic mass is 10.1. The molecule has 0 radical (unpaired) electrons. The molecule has 0 aliphatic carbocycles. The first-order valence-corrected chi connectivity index (χ1v) is 5.94. The van der Waals surface area contributed by atoms with Crippen LogP contribution in [0.3, 0.4) is 0 Å². The highest BCUT2D eigenvalue weighted by Crippen LogP contribution is 2.29. The van der Waals surface area contributed by atoms with E-state index in [1.807, 2.05) is 25.2 Å². The lowest BCUT2D eigenvalue weighted by Gasteiger charge is -2.09. The third kappa shape index (κ3) is 2.54. The van der Waals surface area contributed by atoms with Crippen LogP contribution in [-0.4, -0.2) is 32.8 Å². The standard InChI is InChI=1S/C14H18N2O2/c1-15-7-6-11-5-4-10-8-12(17-2)9-13(18-3)14(10)16-11/h4-5,8-9,15H,6-7H2,1-3H3. The second-order valence-corrected chi connectivity index (χ2v) is 4.06. The number of rotatable bonds is 5. The number of benzene rings is 1. The van der Waals surface area contributed by atoms with E-state index in [0.717, 1.165) is 41.1 Å². The number of nitrogens with one attached hydrogen (secondary N) is 1. The van der Waals surface area contributed by atoms with Gasteiger partial charge in [-0.3, -0.25) is 0 Å². The van der Waals surface area contributed by atoms with Crippen molar-refractivity contribution in [3.63, 3.8) is 0 Å². The van der Waals surface area contributed by atoms with Crippen LogP contribution in [0.2, 0.25) is 0 Å². The molecule has 1 aromatic heterocycles. The van der Waals surface area contributed by atoms with E-state index in [0.29, 0.717) is 0 Å². The molecule has 18 heavy (non-hydrogen) atoms. The highest BCUT2D eigenvalue weighted by atomic mass is 16.5. The monoisotopic (exact) mass is 246 g/mol. The molecular weight excluding hydrogens is 228 g/mol. The van der Waals surface area contributed by atoms with Crippen LogP contribution in [0.4, 0.5) is 0 Å². The second-order valence-electron chi connectivity index (χ2n) is 4.06. The minimum atomic E-state index is 0.746. The van der Waals surface area contributed by atoms with E-state index in [-0.39, 0.29) is 0 Å². The molecule has 1 aromatic carbocycles. The van der Waals surface area contributed by atoms with Crippen molar-refractivity contribution in [2.24, 2.45) is 0 Å². The Bertz CT molecular complexity index is 541. The van der Waals surface area contributed by atoms with E-state index in [4.69, 9.17) is 9.47 Å². The van der Waals surface area contributed by atoms with E-state index in [2.05, 4.69) is 16.4 Å². The molecule has 2 rings (SSSR count). The largest absolute Gasteiger partial charge is 0.497 e. The SMILES string of the molecule is CNCCc1ccc2cc(OC)cc(OC)c2n1. The van der Waals surface area contributed by atoms with Gasteiger partial charge in [-0.25, -0.2) is 4.98 Å². The third-order valence-corrected chi connectivity index (χ3v) is 2.88. The molecule has 0 aliphatic heterocycles. The molecule has 96 valence electrons. The summed E-state index contributed by atoms with van der Waals surface area (Å²) >= 11 is 0. The number of aromatic nitrogens is 1. The molecule has 4 heteroatoms. The predicted octanol–water partition coefficient (Wildman–Crippen LogP) is 2.01. The van der Waals surface area contributed by atoms with Crippen LogP contribution in [0.5, 0.6) is 11.5 Å². The van der Waals surface area contributed by atoms with Crippen LogP contribution >= 0.6 is 0 Å². The first-order chi connectivity index (χ1) is 8.78. The molecule has 0 aliphatic rings. The summed E-state index contributed by atoms with van der Waals surface area (Å²) in [5.41, 5.74) is 1.94. The van der Waals surface area contributed by atoms with E-state index in [1.165, 1.54) is 0 Å². The fraction of sp³-hybridized carbons (Fsp3) is 0.357. The summed E-state index contributed by atoms with van der Waals surface area (Å²) in [5, 5.41) is 4.15. The topological polar surface area (TPSA) is 43.4 Å². The molecule has 4 nitrogen and oxygen atoms in total. The number of fused-ring (bicyclic) bond motifs is 1. The average Bonchev–Trinajstić information content (AvgIpc) is 2.43. The van der Waals surface area contributed by atoms with Crippen molar-refractivity contribution in [3.8, 4) is 11.5 Å². The predicted molar refractivity (Wildman–Crippen MR) is 72.5 cm³/mol. The summed E-state index contributed by atoms with van der Waals surface area (Å²) in [6, 6.07) is 7.92. The second kappa shape index (κ2) is 5.69. The Morgan fingerprint density at radius 1 is 1.17 bits per heavy atom. The number of hydrogen-bond donors (Lipinski definition) is 1. The first-order valence-electron chi connectivity index (χ1n) is 5.94. The zero-order valence-corrected chi connectivity index (χ0v) is 11.0. The van der Waals surface area contributed by atoms with Gasteiger partial charge in [-0.1, -0.05) is 6.07 Å². The number of pyridine rings is 1. The molecule has 0 fully saturated rings. The van der Waals surface area contributed by atoms with Gasteiger partial charge in [0.05, 0.1) is 14.2 Å². The van der Waals surface area contributed by atoms with Gasteiger partial charge in [0.25, 0.3) is 0 Å². The van der Waals surface area contributed by atoms with Gasteiger partial charge in [-0.15, -0.1) is 0 Å². The maximum Gasteiger partial charge on any atom is 0.148 e. The van der Waals surface area contributed by atoms with E-state index < -0.39 is 0 Å². The van der Waals surface area contributed by atoms with Crippen molar-refractivity contribution in [3.05, 3.63) is 30.0 Å². The summed E-state index contributed by atoms with van der Waals surface area (Å²) in [4.78, 5) is 4.64. The van der Waals surface area contributed by atoms with Gasteiger partial charge >= 0.3 is 0 Å². The lowest BCUT2D eigenvalue weighted by molar-refractivity contribution is 0.397. The van der Waals surface area contributed by atoms with E-state index in [1.54, 1.807) is 14.2 Å². The fourth-order valence-electron chi connectivity index (χ4n) is 1.88. The van der Waals surface area contributed by atoms with Crippen LogP contribution in [-0.2, 0) is 6.42 Å². The molecule has 0 unspecified atom stereocenters. The van der Waals surface area contributed by atoms with Gasteiger partial charge < -0.3 is 14.8 Å². The summed E-state index contributed by atoms with van der Waals surface area (Å²) in [7, 11) is 5.23. The Balaban J connectivity index is 2.47. The van der Waals surface area contributed by atoms with Crippen molar-refractivity contribution < 1.29 is 9.47 Å². The number of methoxy groups -OCH3 is 2. The molecule has 0 spiro atoms. The summed E-state index contributed by atoms with van der Waals surface area (Å²) in [5.74, 6) is 1.53. The number of ether oxygens (including phenoxy) is 2. The van der Waals surface area contributed by atoms with Crippen molar-refractivity contribution in [1.82, 2.24) is 10.3 Å². The summed E-state index contributed by atoms with van der Waals surface area (Å²) in [6.45, 7) is 0.914. The molecule has 2 aromatic rings. The lowest BCUT2D eigenvalue weighted by Crippen LogP contribution is -2.11. The minimum absolute atomic E-state index is 0.746. The Morgan fingerprint density at radius 3 is 2.67 bits per heavy atom. The zero-order valence-electron chi connectivity index (χ0n) is 11.0. The smallest absolute Gasteiger partial charge is 0.148 e. The minimum Gasteiger partial charge on any atom is -0.497 e. The van der Waals surface area contributed by atoms with Gasteiger partial charge in [0.1, 0.15) is 17.0 Å². The summed E-state index contributed by atoms with van der Waals surface area (Å²) < 4.78 is 10.6. The van der Waals surface area contributed by atoms with Crippen LogP contribution in [0.1, 0.15) is 5.69 Å². The van der Waals surface area contributed by atoms with Crippen LogP contribution < -0.4 is 14.8 Å². The Hall–Kier alpha value is -1.81. The number of nitrogens with zero attached hydrogens (tertiary/aromatic N) is 1. The van der Waals surface area contributed by atoms with Crippen LogP contribution in [0.15, 0.2) is 24.3 Å². The Labute approximate surface area is 107 Å². The normalized spacial score (nSPS) is 10.6. The van der Waals surface area contributed by atoms with Crippen LogP contribution in [0.25, 0.3) is 10.9 Å². The molecule has 0 bridgehead atoms. The van der Waals surface area contributed by atoms with Gasteiger partial charge in [0.2, 0.25) is 0 Å². The molecular formula is C14H18N2O2. The first kappa shape index (κ1) is 12.6. The number of likely N-dealkylation sites (N-methyl/N-ethyl adjacent to an activating group) is 1. The Kier molecular flexibility index (Phi) is 3.99. The molecule has 0 amide bonds. The highest BCUT2D eigenvalue weighted by Gasteiger charge is 2.07. The van der Waals surface area contributed by atoms with Gasteiger partial charge in [0, 0.05) is 30.1 Å². The third-order valence-electron chi connectivity index (χ3n) is 2.88. The van der Waals surface area contributed by atoms with Crippen molar-refractivity contribution in [1.29, 1.82) is 0 Å². The quantitative estimate of drug-likeness (QED) is 0.876. The highest BCUT2D eigenvalue weighted by molar-refractivity contribution is 5.86. The van der Waals surface area contributed by atoms with Crippen LogP contribution in [0, 0.1) is 0 Å². The number of hydrogen-bond acceptors (Lipinski definition) is 4. The average molecular weight is 246 g/mol. The molecule has 0 saturated carbocycles. The molecule has 0 saturated heterocycles. The maximum absolute atomic E-state index is 5.37. The van der Waals surface area contributed by atoms with Gasteiger partial charge in [-0.2, -0.15) is 0 Å². The molecule has 1 N–H and O–H groups in total. The fourth-order valence-corrected chi connectivity index (χ4v) is 1.88. The van der Waals surface area contributed by atoms with Crippen molar-refractivity contribution >= 4 is 10.9 Å². The maximum atomic E-state index is 5.37.